The smallest absolute Gasteiger partial charge is 0.261 e. The minimum absolute atomic E-state index is 0.0559. The van der Waals surface area contributed by atoms with Crippen LogP contribution in [0.25, 0.3) is 0 Å². The van der Waals surface area contributed by atoms with Gasteiger partial charge in [0.1, 0.15) is 16.6 Å². The quantitative estimate of drug-likeness (QED) is 0.680. The maximum absolute atomic E-state index is 13.7. The SMILES string of the molecule is O=C(Nc1nnc(CN2C(=O)c3ccccc3C2=O)s1)c1ccc(F)cc1F. The number of rotatable bonds is 4. The van der Waals surface area contributed by atoms with Gasteiger partial charge < -0.3 is 0 Å². The summed E-state index contributed by atoms with van der Waals surface area (Å²) in [6, 6.07) is 9.05. The molecule has 1 aromatic heterocycles. The number of carbonyl (C=O) groups excluding carboxylic acids is 3. The van der Waals surface area contributed by atoms with Gasteiger partial charge in [0.05, 0.1) is 23.2 Å². The van der Waals surface area contributed by atoms with Crippen molar-refractivity contribution in [1.82, 2.24) is 15.1 Å². The summed E-state index contributed by atoms with van der Waals surface area (Å²) in [6.07, 6.45) is 0. The number of fused-ring (bicyclic) bond motifs is 1. The Morgan fingerprint density at radius 2 is 1.71 bits per heavy atom. The number of nitrogens with zero attached hydrogens (tertiary/aromatic N) is 3. The van der Waals surface area contributed by atoms with Gasteiger partial charge in [-0.05, 0) is 24.3 Å². The van der Waals surface area contributed by atoms with Crippen molar-refractivity contribution in [3.8, 4) is 0 Å². The molecule has 2 heterocycles. The fraction of sp³-hybridized carbons (Fsp3) is 0.0556. The lowest BCUT2D eigenvalue weighted by Gasteiger charge is -2.10. The van der Waals surface area contributed by atoms with Crippen LogP contribution >= 0.6 is 11.3 Å². The third-order valence-corrected chi connectivity index (χ3v) is 4.86. The number of hydrogen-bond donors (Lipinski definition) is 1. The summed E-state index contributed by atoms with van der Waals surface area (Å²) >= 11 is 0.938. The molecule has 0 saturated heterocycles. The molecule has 0 atom stereocenters. The van der Waals surface area contributed by atoms with Crippen LogP contribution in [0.5, 0.6) is 0 Å². The number of anilines is 1. The minimum atomic E-state index is -1.01. The summed E-state index contributed by atoms with van der Waals surface area (Å²) in [5, 5.41) is 10.3. The number of imide groups is 1. The van der Waals surface area contributed by atoms with E-state index < -0.39 is 29.4 Å². The highest BCUT2D eigenvalue weighted by Crippen LogP contribution is 2.26. The minimum Gasteiger partial charge on any atom is -0.296 e. The third kappa shape index (κ3) is 3.14. The molecule has 0 aliphatic carbocycles. The van der Waals surface area contributed by atoms with E-state index in [1.165, 1.54) is 0 Å². The largest absolute Gasteiger partial charge is 0.296 e. The molecule has 3 aromatic rings. The zero-order chi connectivity index (χ0) is 19.8. The number of carbonyl (C=O) groups is 3. The lowest BCUT2D eigenvalue weighted by molar-refractivity contribution is 0.0641. The van der Waals surface area contributed by atoms with Crippen LogP contribution in [-0.2, 0) is 6.54 Å². The van der Waals surface area contributed by atoms with E-state index in [0.29, 0.717) is 22.2 Å². The fourth-order valence-electron chi connectivity index (χ4n) is 2.72. The Bertz CT molecular complexity index is 1100. The first-order valence-corrected chi connectivity index (χ1v) is 8.79. The van der Waals surface area contributed by atoms with E-state index in [0.717, 1.165) is 28.4 Å². The number of benzene rings is 2. The second kappa shape index (κ2) is 6.89. The maximum atomic E-state index is 13.7. The van der Waals surface area contributed by atoms with Gasteiger partial charge in [0.2, 0.25) is 5.13 Å². The molecule has 10 heteroatoms. The van der Waals surface area contributed by atoms with Crippen LogP contribution in [0.4, 0.5) is 13.9 Å². The monoisotopic (exact) mass is 400 g/mol. The first-order chi connectivity index (χ1) is 13.4. The first kappa shape index (κ1) is 17.9. The molecule has 0 radical (unpaired) electrons. The molecule has 1 N–H and O–H groups in total. The zero-order valence-corrected chi connectivity index (χ0v) is 14.8. The van der Waals surface area contributed by atoms with Gasteiger partial charge in [-0.3, -0.25) is 24.6 Å². The van der Waals surface area contributed by atoms with Gasteiger partial charge in [0.25, 0.3) is 17.7 Å². The normalized spacial score (nSPS) is 13.0. The number of hydrogen-bond acceptors (Lipinski definition) is 6. The van der Waals surface area contributed by atoms with Crippen molar-refractivity contribution in [2.24, 2.45) is 0 Å². The van der Waals surface area contributed by atoms with Crippen LogP contribution < -0.4 is 5.32 Å². The first-order valence-electron chi connectivity index (χ1n) is 7.98. The average Bonchev–Trinajstić information content (AvgIpc) is 3.20. The van der Waals surface area contributed by atoms with Crippen LogP contribution in [0.3, 0.4) is 0 Å². The topological polar surface area (TPSA) is 92.3 Å². The Morgan fingerprint density at radius 3 is 2.36 bits per heavy atom. The average molecular weight is 400 g/mol. The molecular formula is C18H10F2N4O3S. The van der Waals surface area contributed by atoms with Crippen molar-refractivity contribution >= 4 is 34.2 Å². The Hall–Kier alpha value is -3.53. The second-order valence-electron chi connectivity index (χ2n) is 5.82. The molecule has 0 bridgehead atoms. The Morgan fingerprint density at radius 1 is 1.04 bits per heavy atom. The molecule has 1 aliphatic heterocycles. The van der Waals surface area contributed by atoms with Gasteiger partial charge in [0.15, 0.2) is 0 Å². The van der Waals surface area contributed by atoms with E-state index in [4.69, 9.17) is 0 Å². The molecule has 0 fully saturated rings. The molecule has 0 unspecified atom stereocenters. The van der Waals surface area contributed by atoms with Crippen molar-refractivity contribution in [2.45, 2.75) is 6.54 Å². The van der Waals surface area contributed by atoms with E-state index >= 15 is 0 Å². The van der Waals surface area contributed by atoms with Crippen LogP contribution in [0.2, 0.25) is 0 Å². The second-order valence-corrected chi connectivity index (χ2v) is 6.88. The summed E-state index contributed by atoms with van der Waals surface area (Å²) in [5.41, 5.74) is 0.285. The predicted octanol–water partition coefficient (Wildman–Crippen LogP) is 2.86. The Balaban J connectivity index is 1.47. The highest BCUT2D eigenvalue weighted by molar-refractivity contribution is 7.15. The Labute approximate surface area is 160 Å². The van der Waals surface area contributed by atoms with Crippen LogP contribution in [0.1, 0.15) is 36.1 Å². The van der Waals surface area contributed by atoms with Crippen molar-refractivity contribution < 1.29 is 23.2 Å². The highest BCUT2D eigenvalue weighted by Gasteiger charge is 2.35. The van der Waals surface area contributed by atoms with Crippen molar-refractivity contribution in [3.05, 3.63) is 75.8 Å². The zero-order valence-electron chi connectivity index (χ0n) is 14.0. The van der Waals surface area contributed by atoms with Gasteiger partial charge >= 0.3 is 0 Å². The van der Waals surface area contributed by atoms with Crippen molar-refractivity contribution in [1.29, 1.82) is 0 Å². The van der Waals surface area contributed by atoms with Gasteiger partial charge in [-0.25, -0.2) is 8.78 Å². The number of nitrogens with one attached hydrogen (secondary N) is 1. The van der Waals surface area contributed by atoms with Gasteiger partial charge in [-0.1, -0.05) is 23.5 Å². The lowest BCUT2D eigenvalue weighted by atomic mass is 10.1. The van der Waals surface area contributed by atoms with Crippen molar-refractivity contribution in [2.75, 3.05) is 5.32 Å². The molecule has 28 heavy (non-hydrogen) atoms. The van der Waals surface area contributed by atoms with Gasteiger partial charge in [-0.2, -0.15) is 0 Å². The summed E-state index contributed by atoms with van der Waals surface area (Å²) < 4.78 is 26.6. The molecule has 4 rings (SSSR count). The lowest BCUT2D eigenvalue weighted by Crippen LogP contribution is -2.29. The number of amides is 3. The molecular weight excluding hydrogens is 390 g/mol. The number of halogens is 2. The van der Waals surface area contributed by atoms with Gasteiger partial charge in [0, 0.05) is 6.07 Å². The maximum Gasteiger partial charge on any atom is 0.261 e. The van der Waals surface area contributed by atoms with E-state index in [2.05, 4.69) is 15.5 Å². The van der Waals surface area contributed by atoms with E-state index in [1.807, 2.05) is 0 Å². The summed E-state index contributed by atoms with van der Waals surface area (Å²) in [7, 11) is 0. The van der Waals surface area contributed by atoms with Crippen LogP contribution in [0, 0.1) is 11.6 Å². The molecule has 3 amide bonds. The molecule has 2 aromatic carbocycles. The summed E-state index contributed by atoms with van der Waals surface area (Å²) in [6.45, 7) is -0.106. The standard InChI is InChI=1S/C18H10F2N4O3S/c19-9-5-6-12(13(20)7-9)15(25)21-18-23-22-14(28-18)8-24-16(26)10-3-1-2-4-11(10)17(24)27/h1-7H,8H2,(H,21,23,25). The molecule has 7 nitrogen and oxygen atoms in total. The van der Waals surface area contributed by atoms with Gasteiger partial charge in [-0.15, -0.1) is 10.2 Å². The Kier molecular flexibility index (Phi) is 4.40. The molecule has 0 spiro atoms. The fourth-order valence-corrected chi connectivity index (χ4v) is 3.45. The molecule has 1 aliphatic rings. The van der Waals surface area contributed by atoms with Crippen LogP contribution in [-0.4, -0.2) is 32.8 Å². The summed E-state index contributed by atoms with van der Waals surface area (Å²) in [5.74, 6) is -3.49. The highest BCUT2D eigenvalue weighted by atomic mass is 32.1. The number of aromatic nitrogens is 2. The van der Waals surface area contributed by atoms with Crippen molar-refractivity contribution in [3.63, 3.8) is 0 Å². The van der Waals surface area contributed by atoms with Crippen LogP contribution in [0.15, 0.2) is 42.5 Å². The molecule has 0 saturated carbocycles. The third-order valence-electron chi connectivity index (χ3n) is 4.03. The van der Waals surface area contributed by atoms with E-state index in [-0.39, 0.29) is 17.2 Å². The van der Waals surface area contributed by atoms with E-state index in [9.17, 15) is 23.2 Å². The predicted molar refractivity (Wildman–Crippen MR) is 94.9 cm³/mol. The summed E-state index contributed by atoms with van der Waals surface area (Å²) in [4.78, 5) is 37.9. The molecule has 140 valence electrons. The van der Waals surface area contributed by atoms with E-state index in [1.54, 1.807) is 24.3 Å².